The van der Waals surface area contributed by atoms with Gasteiger partial charge in [0.05, 0.1) is 0 Å². The summed E-state index contributed by atoms with van der Waals surface area (Å²) in [6, 6.07) is 16.1. The lowest BCUT2D eigenvalue weighted by Crippen LogP contribution is -2.00. The molecule has 7 heteroatoms. The Bertz CT molecular complexity index is 1100. The number of nitrogens with zero attached hydrogens (tertiary/aromatic N) is 2. The number of aromatic nitrogens is 2. The largest absolute Gasteiger partial charge is 0.398 e. The second-order valence-electron chi connectivity index (χ2n) is 5.87. The second kappa shape index (κ2) is 7.38. The highest BCUT2D eigenvalue weighted by molar-refractivity contribution is 7.98. The Kier molecular flexibility index (Phi) is 4.79. The van der Waals surface area contributed by atoms with Gasteiger partial charge in [-0.3, -0.25) is 0 Å². The predicted molar refractivity (Wildman–Crippen MR) is 117 cm³/mol. The molecule has 0 fully saturated rings. The fraction of sp³-hybridized carbons (Fsp3) is 0.0500. The van der Waals surface area contributed by atoms with Crippen molar-refractivity contribution in [1.82, 2.24) is 9.97 Å². The predicted octanol–water partition coefficient (Wildman–Crippen LogP) is 5.40. The first kappa shape index (κ1) is 17.5. The van der Waals surface area contributed by atoms with Gasteiger partial charge in [-0.2, -0.15) is 0 Å². The molecule has 0 aliphatic rings. The molecule has 0 bridgehead atoms. The summed E-state index contributed by atoms with van der Waals surface area (Å²) in [5, 5.41) is 12.9. The monoisotopic (exact) mass is 391 g/mol. The molecule has 134 valence electrons. The van der Waals surface area contributed by atoms with E-state index < -0.39 is 0 Å². The number of hydrogen-bond acceptors (Lipinski definition) is 7. The third-order valence-corrected chi connectivity index (χ3v) is 5.86. The van der Waals surface area contributed by atoms with Crippen molar-refractivity contribution in [1.29, 1.82) is 5.41 Å². The molecular weight excluding hydrogens is 374 g/mol. The molecule has 0 spiro atoms. The average Bonchev–Trinajstić information content (AvgIpc) is 3.13. The Morgan fingerprint density at radius 1 is 1.19 bits per heavy atom. The lowest BCUT2D eigenvalue weighted by Gasteiger charge is -2.12. The fourth-order valence-electron chi connectivity index (χ4n) is 2.84. The average molecular weight is 392 g/mol. The van der Waals surface area contributed by atoms with Crippen molar-refractivity contribution >= 4 is 56.6 Å². The first-order valence-corrected chi connectivity index (χ1v) is 10.3. The third-order valence-electron chi connectivity index (χ3n) is 4.15. The summed E-state index contributed by atoms with van der Waals surface area (Å²) in [4.78, 5) is 9.73. The van der Waals surface area contributed by atoms with Crippen molar-refractivity contribution in [2.45, 2.75) is 5.16 Å². The standard InChI is InChI=1S/C20H17N5S2/c1-26-20-23-7-6-18(25-20)24-14-8-13(11-21)19(22)15(10-14)17-9-12-4-2-3-5-16(12)27-17/h2-11,21H,22H2,1H3,(H,23,24,25). The van der Waals surface area contributed by atoms with Crippen molar-refractivity contribution in [3.05, 3.63) is 60.3 Å². The Labute approximate surface area is 165 Å². The molecule has 2 heterocycles. The normalized spacial score (nSPS) is 10.9. The van der Waals surface area contributed by atoms with Crippen LogP contribution in [0.25, 0.3) is 20.5 Å². The Balaban J connectivity index is 1.79. The second-order valence-corrected chi connectivity index (χ2v) is 7.73. The summed E-state index contributed by atoms with van der Waals surface area (Å²) in [6.45, 7) is 0. The van der Waals surface area contributed by atoms with Crippen LogP contribution in [0.1, 0.15) is 5.56 Å². The number of benzene rings is 2. The minimum Gasteiger partial charge on any atom is -0.398 e. The summed E-state index contributed by atoms with van der Waals surface area (Å²) in [6.07, 6.45) is 4.95. The SMILES string of the molecule is CSc1nccc(Nc2cc(C=N)c(N)c(-c3cc4ccccc4s3)c2)n1. The molecule has 4 aromatic rings. The van der Waals surface area contributed by atoms with Gasteiger partial charge in [0.1, 0.15) is 5.82 Å². The molecule has 2 aromatic carbocycles. The quantitative estimate of drug-likeness (QED) is 0.183. The number of thioether (sulfide) groups is 1. The lowest BCUT2D eigenvalue weighted by atomic mass is 10.0. The molecule has 0 aliphatic carbocycles. The molecule has 0 unspecified atom stereocenters. The maximum absolute atomic E-state index is 7.73. The number of anilines is 3. The minimum atomic E-state index is 0.606. The fourth-order valence-corrected chi connectivity index (χ4v) is 4.29. The number of thiophene rings is 1. The van der Waals surface area contributed by atoms with Gasteiger partial charge in [0.2, 0.25) is 0 Å². The van der Waals surface area contributed by atoms with Crippen molar-refractivity contribution in [3.63, 3.8) is 0 Å². The summed E-state index contributed by atoms with van der Waals surface area (Å²) in [5.41, 5.74) is 9.38. The van der Waals surface area contributed by atoms with E-state index in [2.05, 4.69) is 33.5 Å². The van der Waals surface area contributed by atoms with E-state index in [1.54, 1.807) is 17.5 Å². The smallest absolute Gasteiger partial charge is 0.189 e. The first-order chi connectivity index (χ1) is 13.2. The molecule has 27 heavy (non-hydrogen) atoms. The van der Waals surface area contributed by atoms with Crippen LogP contribution in [0.4, 0.5) is 17.2 Å². The zero-order valence-corrected chi connectivity index (χ0v) is 16.2. The van der Waals surface area contributed by atoms with E-state index in [4.69, 9.17) is 11.1 Å². The van der Waals surface area contributed by atoms with Crippen molar-refractivity contribution in [2.75, 3.05) is 17.3 Å². The van der Waals surface area contributed by atoms with Crippen LogP contribution < -0.4 is 11.1 Å². The highest BCUT2D eigenvalue weighted by Crippen LogP contribution is 2.39. The summed E-state index contributed by atoms with van der Waals surface area (Å²) in [7, 11) is 0. The number of nitrogen functional groups attached to an aromatic ring is 1. The molecule has 4 N–H and O–H groups in total. The van der Waals surface area contributed by atoms with Crippen LogP contribution in [0.5, 0.6) is 0 Å². The van der Waals surface area contributed by atoms with Crippen LogP contribution >= 0.6 is 23.1 Å². The first-order valence-electron chi connectivity index (χ1n) is 8.25. The van der Waals surface area contributed by atoms with Gasteiger partial charge < -0.3 is 16.5 Å². The summed E-state index contributed by atoms with van der Waals surface area (Å²) in [5.74, 6) is 0.706. The van der Waals surface area contributed by atoms with Gasteiger partial charge in [0, 0.05) is 44.5 Å². The number of fused-ring (bicyclic) bond motifs is 1. The molecule has 0 saturated heterocycles. The van der Waals surface area contributed by atoms with Gasteiger partial charge in [0.15, 0.2) is 5.16 Å². The molecule has 0 saturated carbocycles. The van der Waals surface area contributed by atoms with Crippen LogP contribution in [0, 0.1) is 5.41 Å². The van der Waals surface area contributed by atoms with Crippen LogP contribution in [-0.2, 0) is 0 Å². The lowest BCUT2D eigenvalue weighted by molar-refractivity contribution is 0.975. The van der Waals surface area contributed by atoms with Gasteiger partial charge in [-0.15, -0.1) is 11.3 Å². The van der Waals surface area contributed by atoms with Gasteiger partial charge in [0.25, 0.3) is 0 Å². The number of rotatable bonds is 5. The van der Waals surface area contributed by atoms with Crippen LogP contribution in [0.2, 0.25) is 0 Å². The molecule has 0 amide bonds. The third kappa shape index (κ3) is 3.51. The van der Waals surface area contributed by atoms with E-state index in [1.165, 1.54) is 28.1 Å². The minimum absolute atomic E-state index is 0.606. The number of nitrogens with two attached hydrogens (primary N) is 1. The van der Waals surface area contributed by atoms with Crippen molar-refractivity contribution < 1.29 is 0 Å². The summed E-state index contributed by atoms with van der Waals surface area (Å²) < 4.78 is 1.21. The molecule has 4 rings (SSSR count). The zero-order chi connectivity index (χ0) is 18.8. The Morgan fingerprint density at radius 3 is 2.81 bits per heavy atom. The van der Waals surface area contributed by atoms with Gasteiger partial charge in [-0.25, -0.2) is 9.97 Å². The van der Waals surface area contributed by atoms with Crippen LogP contribution in [0.3, 0.4) is 0 Å². The molecule has 5 nitrogen and oxygen atoms in total. The molecular formula is C20H17N5S2. The van der Waals surface area contributed by atoms with E-state index in [0.717, 1.165) is 16.1 Å². The highest BCUT2D eigenvalue weighted by Gasteiger charge is 2.12. The van der Waals surface area contributed by atoms with E-state index >= 15 is 0 Å². The highest BCUT2D eigenvalue weighted by atomic mass is 32.2. The summed E-state index contributed by atoms with van der Waals surface area (Å²) >= 11 is 3.18. The zero-order valence-electron chi connectivity index (χ0n) is 14.6. The number of nitrogens with one attached hydrogen (secondary N) is 2. The number of hydrogen-bond donors (Lipinski definition) is 3. The maximum atomic E-state index is 7.73. The van der Waals surface area contributed by atoms with Crippen molar-refractivity contribution in [3.8, 4) is 10.4 Å². The van der Waals surface area contributed by atoms with E-state index in [-0.39, 0.29) is 0 Å². The van der Waals surface area contributed by atoms with E-state index in [1.807, 2.05) is 36.6 Å². The van der Waals surface area contributed by atoms with Crippen molar-refractivity contribution in [2.24, 2.45) is 0 Å². The molecule has 0 radical (unpaired) electrons. The van der Waals surface area contributed by atoms with Gasteiger partial charge >= 0.3 is 0 Å². The molecule has 2 aromatic heterocycles. The van der Waals surface area contributed by atoms with E-state index in [0.29, 0.717) is 22.2 Å². The topological polar surface area (TPSA) is 87.7 Å². The Hall–Kier alpha value is -2.90. The van der Waals surface area contributed by atoms with E-state index in [9.17, 15) is 0 Å². The maximum Gasteiger partial charge on any atom is 0.189 e. The Morgan fingerprint density at radius 2 is 2.04 bits per heavy atom. The van der Waals surface area contributed by atoms with Crippen LogP contribution in [-0.4, -0.2) is 22.4 Å². The van der Waals surface area contributed by atoms with Gasteiger partial charge in [-0.05, 0) is 42.0 Å². The molecule has 0 aliphatic heterocycles. The molecule has 0 atom stereocenters. The van der Waals surface area contributed by atoms with Gasteiger partial charge in [-0.1, -0.05) is 30.0 Å². The van der Waals surface area contributed by atoms with Crippen LogP contribution in [0.15, 0.2) is 59.9 Å².